The van der Waals surface area contributed by atoms with Gasteiger partial charge in [-0.25, -0.2) is 4.98 Å². The van der Waals surface area contributed by atoms with Crippen LogP contribution in [0.25, 0.3) is 0 Å². The molecule has 0 aliphatic heterocycles. The quantitative estimate of drug-likeness (QED) is 0.500. The summed E-state index contributed by atoms with van der Waals surface area (Å²) in [4.78, 5) is 16.3. The topological polar surface area (TPSA) is 77.8 Å². The maximum atomic E-state index is 12.2. The summed E-state index contributed by atoms with van der Waals surface area (Å²) in [5.74, 6) is -0.300. The van der Waals surface area contributed by atoms with Crippen molar-refractivity contribution in [2.24, 2.45) is 0 Å². The minimum atomic E-state index is -0.978. The first-order valence-electron chi connectivity index (χ1n) is 6.47. The summed E-state index contributed by atoms with van der Waals surface area (Å²) in [6.45, 7) is 6.10. The Bertz CT molecular complexity index is 596. The van der Waals surface area contributed by atoms with Gasteiger partial charge in [0.2, 0.25) is 5.91 Å². The second-order valence-corrected chi connectivity index (χ2v) is 8.25. The number of amides is 1. The van der Waals surface area contributed by atoms with E-state index in [2.05, 4.69) is 15.6 Å². The van der Waals surface area contributed by atoms with Crippen LogP contribution in [0.15, 0.2) is 0 Å². The van der Waals surface area contributed by atoms with Crippen molar-refractivity contribution < 1.29 is 4.79 Å². The molecule has 1 amide bonds. The lowest BCUT2D eigenvalue weighted by atomic mass is 9.78. The molecule has 0 atom stereocenters. The number of anilines is 1. The lowest BCUT2D eigenvalue weighted by Gasteiger charge is -2.40. The molecule has 8 heteroatoms. The van der Waals surface area contributed by atoms with Gasteiger partial charge in [-0.15, -0.1) is 11.6 Å². The number of rotatable bonds is 3. The molecule has 0 aromatic carbocycles. The van der Waals surface area contributed by atoms with Crippen LogP contribution in [0.2, 0.25) is 5.15 Å². The number of carbonyl (C=O) groups excluding carboxylic acids is 1. The van der Waals surface area contributed by atoms with Crippen molar-refractivity contribution in [3.05, 3.63) is 10.0 Å². The first-order chi connectivity index (χ1) is 9.65. The van der Waals surface area contributed by atoms with E-state index in [-0.39, 0.29) is 17.4 Å². The Labute approximate surface area is 137 Å². The number of hydrogen-bond donors (Lipinski definition) is 2. The van der Waals surface area contributed by atoms with Crippen molar-refractivity contribution >= 4 is 45.6 Å². The molecule has 0 spiro atoms. The van der Waals surface area contributed by atoms with E-state index in [0.717, 1.165) is 4.88 Å². The van der Waals surface area contributed by atoms with Crippen molar-refractivity contribution in [3.8, 4) is 6.19 Å². The molecule has 1 aliphatic carbocycles. The van der Waals surface area contributed by atoms with Crippen molar-refractivity contribution in [1.82, 2.24) is 10.3 Å². The predicted octanol–water partition coefficient (Wildman–Crippen LogP) is 3.24. The fraction of sp³-hybridized carbons (Fsp3) is 0.615. The second kappa shape index (κ2) is 5.64. The van der Waals surface area contributed by atoms with Gasteiger partial charge in [0.15, 0.2) is 11.3 Å². The van der Waals surface area contributed by atoms with Gasteiger partial charge < -0.3 is 10.6 Å². The zero-order valence-electron chi connectivity index (χ0n) is 12.0. The highest BCUT2D eigenvalue weighted by molar-refractivity contribution is 7.16. The zero-order chi connectivity index (χ0) is 15.8. The molecule has 5 nitrogen and oxygen atoms in total. The van der Waals surface area contributed by atoms with E-state index < -0.39 is 4.87 Å². The SMILES string of the molecule is CC(C)(C)c1sc(NC(=O)C2(Cl)CC(NC#N)C2)nc1Cl. The first-order valence-corrected chi connectivity index (χ1v) is 8.05. The van der Waals surface area contributed by atoms with Gasteiger partial charge in [-0.1, -0.05) is 43.7 Å². The normalized spacial score (nSPS) is 24.9. The number of carbonyl (C=O) groups is 1. The molecular formula is C13H16Cl2N4OS. The van der Waals surface area contributed by atoms with Crippen molar-refractivity contribution in [2.45, 2.75) is 49.9 Å². The van der Waals surface area contributed by atoms with Crippen molar-refractivity contribution in [3.63, 3.8) is 0 Å². The molecule has 1 heterocycles. The van der Waals surface area contributed by atoms with E-state index in [1.165, 1.54) is 11.3 Å². The third-order valence-corrected chi connectivity index (χ3v) is 5.57. The number of aromatic nitrogens is 1. The van der Waals surface area contributed by atoms with Gasteiger partial charge in [-0.05, 0) is 18.3 Å². The second-order valence-electron chi connectivity index (χ2n) is 6.17. The largest absolute Gasteiger partial charge is 0.321 e. The highest BCUT2D eigenvalue weighted by atomic mass is 35.5. The number of halogens is 2. The predicted molar refractivity (Wildman–Crippen MR) is 84.8 cm³/mol. The van der Waals surface area contributed by atoms with Crippen LogP contribution in [0, 0.1) is 11.5 Å². The summed E-state index contributed by atoms with van der Waals surface area (Å²) in [5.41, 5.74) is -0.130. The molecule has 114 valence electrons. The Hall–Kier alpha value is -1.03. The fourth-order valence-electron chi connectivity index (χ4n) is 2.13. The lowest BCUT2D eigenvalue weighted by molar-refractivity contribution is -0.121. The number of nitriles is 1. The van der Waals surface area contributed by atoms with Crippen LogP contribution in [0.5, 0.6) is 0 Å². The van der Waals surface area contributed by atoms with E-state index in [0.29, 0.717) is 23.1 Å². The van der Waals surface area contributed by atoms with Gasteiger partial charge in [0.05, 0.1) is 4.88 Å². The summed E-state index contributed by atoms with van der Waals surface area (Å²) in [6.07, 6.45) is 2.69. The van der Waals surface area contributed by atoms with Crippen LogP contribution < -0.4 is 10.6 Å². The number of nitrogens with one attached hydrogen (secondary N) is 2. The number of thiazole rings is 1. The van der Waals surface area contributed by atoms with Gasteiger partial charge in [-0.2, -0.15) is 5.26 Å². The molecule has 0 saturated heterocycles. The van der Waals surface area contributed by atoms with Gasteiger partial charge in [0, 0.05) is 6.04 Å². The third kappa shape index (κ3) is 3.42. The summed E-state index contributed by atoms with van der Waals surface area (Å²) in [5, 5.41) is 14.7. The number of alkyl halides is 1. The van der Waals surface area contributed by atoms with Crippen LogP contribution in [0.3, 0.4) is 0 Å². The standard InChI is InChI=1S/C13H16Cl2N4OS/c1-12(2,3)8-9(14)18-11(21-8)19-10(20)13(15)4-7(5-13)17-6-16/h7,17H,4-5H2,1-3H3,(H,18,19,20). The molecule has 2 rings (SSSR count). The summed E-state index contributed by atoms with van der Waals surface area (Å²) in [6, 6.07) is -0.0386. The molecule has 1 fully saturated rings. The highest BCUT2D eigenvalue weighted by Gasteiger charge is 2.49. The van der Waals surface area contributed by atoms with E-state index in [9.17, 15) is 4.79 Å². The van der Waals surface area contributed by atoms with Crippen LogP contribution in [-0.2, 0) is 10.2 Å². The van der Waals surface area contributed by atoms with E-state index in [1.807, 2.05) is 27.0 Å². The monoisotopic (exact) mass is 346 g/mol. The van der Waals surface area contributed by atoms with Gasteiger partial charge in [0.25, 0.3) is 0 Å². The van der Waals surface area contributed by atoms with Crippen LogP contribution in [0.4, 0.5) is 5.13 Å². The van der Waals surface area contributed by atoms with E-state index >= 15 is 0 Å². The maximum Gasteiger partial charge on any atom is 0.247 e. The molecule has 1 saturated carbocycles. The molecule has 1 aromatic rings. The molecule has 21 heavy (non-hydrogen) atoms. The minimum absolute atomic E-state index is 0.0386. The Balaban J connectivity index is 2.03. The lowest BCUT2D eigenvalue weighted by Crippen LogP contribution is -2.55. The van der Waals surface area contributed by atoms with Crippen molar-refractivity contribution in [1.29, 1.82) is 5.26 Å². The summed E-state index contributed by atoms with van der Waals surface area (Å²) in [7, 11) is 0. The van der Waals surface area contributed by atoms with Crippen molar-refractivity contribution in [2.75, 3.05) is 5.32 Å². The smallest absolute Gasteiger partial charge is 0.247 e. The number of nitrogens with zero attached hydrogens (tertiary/aromatic N) is 2. The molecule has 0 radical (unpaired) electrons. The average Bonchev–Trinajstić information content (AvgIpc) is 2.68. The molecule has 0 unspecified atom stereocenters. The maximum absolute atomic E-state index is 12.2. The molecule has 2 N–H and O–H groups in total. The fourth-order valence-corrected chi connectivity index (χ4v) is 3.99. The molecular weight excluding hydrogens is 331 g/mol. The Morgan fingerprint density at radius 2 is 2.14 bits per heavy atom. The van der Waals surface area contributed by atoms with Gasteiger partial charge >= 0.3 is 0 Å². The zero-order valence-corrected chi connectivity index (χ0v) is 14.3. The highest BCUT2D eigenvalue weighted by Crippen LogP contribution is 2.41. The molecule has 0 bridgehead atoms. The summed E-state index contributed by atoms with van der Waals surface area (Å²) < 4.78 is 0. The minimum Gasteiger partial charge on any atom is -0.321 e. The molecule has 1 aromatic heterocycles. The Morgan fingerprint density at radius 3 is 2.62 bits per heavy atom. The summed E-state index contributed by atoms with van der Waals surface area (Å²) >= 11 is 13.7. The third-order valence-electron chi connectivity index (χ3n) is 3.30. The molecule has 1 aliphatic rings. The van der Waals surface area contributed by atoms with Gasteiger partial charge in [-0.3, -0.25) is 4.79 Å². The van der Waals surface area contributed by atoms with Crippen LogP contribution >= 0.6 is 34.5 Å². The average molecular weight is 347 g/mol. The number of hydrogen-bond acceptors (Lipinski definition) is 5. The Morgan fingerprint density at radius 1 is 1.52 bits per heavy atom. The van der Waals surface area contributed by atoms with Gasteiger partial charge in [0.1, 0.15) is 10.0 Å². The van der Waals surface area contributed by atoms with Crippen LogP contribution in [0.1, 0.15) is 38.5 Å². The first kappa shape index (κ1) is 16.3. The van der Waals surface area contributed by atoms with E-state index in [4.69, 9.17) is 28.5 Å². The van der Waals surface area contributed by atoms with E-state index in [1.54, 1.807) is 0 Å². The Kier molecular flexibility index (Phi) is 4.39. The van der Waals surface area contributed by atoms with Crippen LogP contribution in [-0.4, -0.2) is 21.8 Å².